The lowest BCUT2D eigenvalue weighted by Crippen LogP contribution is -2.16. The molecule has 0 saturated heterocycles. The van der Waals surface area contributed by atoms with E-state index < -0.39 is 0 Å². The summed E-state index contributed by atoms with van der Waals surface area (Å²) in [6.45, 7) is 0.890. The second-order valence-electron chi connectivity index (χ2n) is 6.48. The number of nitrogens with two attached hydrogens (primary N) is 1. The minimum absolute atomic E-state index is 0.628. The van der Waals surface area contributed by atoms with Gasteiger partial charge in [0.15, 0.2) is 11.5 Å². The second kappa shape index (κ2) is 7.25. The molecule has 2 N–H and O–H groups in total. The quantitative estimate of drug-likeness (QED) is 0.541. The zero-order valence-electron chi connectivity index (χ0n) is 15.9. The van der Waals surface area contributed by atoms with E-state index in [1.807, 2.05) is 38.4 Å². The molecule has 3 aromatic rings. The number of hydrogen-bond donors (Lipinski definition) is 1. The normalized spacial score (nSPS) is 11.3. The summed E-state index contributed by atoms with van der Waals surface area (Å²) in [4.78, 5) is 7.03. The van der Waals surface area contributed by atoms with Crippen molar-refractivity contribution in [2.24, 2.45) is 0 Å². The van der Waals surface area contributed by atoms with E-state index in [-0.39, 0.29) is 0 Å². The first-order valence-electron chi connectivity index (χ1n) is 8.45. The number of aromatic nitrogens is 1. The summed E-state index contributed by atoms with van der Waals surface area (Å²) in [5.74, 6) is 2.04. The molecule has 0 aliphatic rings. The minimum atomic E-state index is 0.628. The lowest BCUT2D eigenvalue weighted by atomic mass is 10.00. The highest BCUT2D eigenvalue weighted by Gasteiger charge is 2.16. The van der Waals surface area contributed by atoms with E-state index in [0.717, 1.165) is 40.3 Å². The van der Waals surface area contributed by atoms with E-state index in [4.69, 9.17) is 24.9 Å². The molecular formula is C20H25N3O3. The number of nitrogen functional groups attached to an aromatic ring is 1. The summed E-state index contributed by atoms with van der Waals surface area (Å²) in [6.07, 6.45) is 0.812. The van der Waals surface area contributed by atoms with E-state index in [1.165, 1.54) is 0 Å². The van der Waals surface area contributed by atoms with Crippen LogP contribution in [0.4, 0.5) is 5.69 Å². The van der Waals surface area contributed by atoms with Crippen molar-refractivity contribution in [2.75, 3.05) is 47.7 Å². The largest absolute Gasteiger partial charge is 0.497 e. The van der Waals surface area contributed by atoms with Crippen molar-refractivity contribution in [1.29, 1.82) is 0 Å². The van der Waals surface area contributed by atoms with Gasteiger partial charge in [0.2, 0.25) is 0 Å². The van der Waals surface area contributed by atoms with Crippen molar-refractivity contribution in [1.82, 2.24) is 9.88 Å². The molecule has 0 unspecified atom stereocenters. The van der Waals surface area contributed by atoms with Crippen LogP contribution < -0.4 is 19.9 Å². The Morgan fingerprint density at radius 1 is 0.923 bits per heavy atom. The Kier molecular flexibility index (Phi) is 5.04. The van der Waals surface area contributed by atoms with Crippen LogP contribution in [0, 0.1) is 0 Å². The van der Waals surface area contributed by atoms with Gasteiger partial charge in [-0.05, 0) is 31.6 Å². The number of rotatable bonds is 6. The predicted octanol–water partition coefficient (Wildman–Crippen LogP) is 3.10. The van der Waals surface area contributed by atoms with Crippen molar-refractivity contribution < 1.29 is 14.2 Å². The monoisotopic (exact) mass is 355 g/mol. The average molecular weight is 355 g/mol. The van der Waals surface area contributed by atoms with Gasteiger partial charge in [0, 0.05) is 41.6 Å². The van der Waals surface area contributed by atoms with Crippen LogP contribution in [-0.2, 0) is 6.42 Å². The predicted molar refractivity (Wildman–Crippen MR) is 106 cm³/mol. The molecule has 0 amide bonds. The minimum Gasteiger partial charge on any atom is -0.497 e. The molecule has 3 rings (SSSR count). The molecule has 1 aromatic heterocycles. The van der Waals surface area contributed by atoms with E-state index in [0.29, 0.717) is 22.9 Å². The fraction of sp³-hybridized carbons (Fsp3) is 0.350. The maximum atomic E-state index is 6.33. The Hall–Kier alpha value is -2.73. The van der Waals surface area contributed by atoms with Crippen molar-refractivity contribution in [3.05, 3.63) is 30.0 Å². The van der Waals surface area contributed by atoms with Gasteiger partial charge in [-0.15, -0.1) is 0 Å². The molecule has 6 heteroatoms. The molecule has 0 saturated carbocycles. The van der Waals surface area contributed by atoms with Gasteiger partial charge in [0.05, 0.1) is 32.5 Å². The smallest absolute Gasteiger partial charge is 0.161 e. The topological polar surface area (TPSA) is 69.8 Å². The van der Waals surface area contributed by atoms with Gasteiger partial charge >= 0.3 is 0 Å². The molecule has 0 bridgehead atoms. The SMILES string of the molecule is COc1cc(N)c2c(c1)nc(CCN(C)C)c1cc(OC)c(OC)cc12. The third-order valence-corrected chi connectivity index (χ3v) is 4.51. The number of methoxy groups -OCH3 is 3. The Labute approximate surface area is 153 Å². The highest BCUT2D eigenvalue weighted by molar-refractivity contribution is 6.13. The molecule has 138 valence electrons. The number of nitrogens with zero attached hydrogens (tertiary/aromatic N) is 2. The van der Waals surface area contributed by atoms with Gasteiger partial charge in [-0.2, -0.15) is 0 Å². The highest BCUT2D eigenvalue weighted by Crippen LogP contribution is 2.39. The van der Waals surface area contributed by atoms with E-state index >= 15 is 0 Å². The lowest BCUT2D eigenvalue weighted by molar-refractivity contribution is 0.356. The Balaban J connectivity index is 2.38. The molecule has 0 spiro atoms. The van der Waals surface area contributed by atoms with Crippen LogP contribution in [0.5, 0.6) is 17.2 Å². The molecule has 0 fully saturated rings. The van der Waals surface area contributed by atoms with Gasteiger partial charge in [-0.3, -0.25) is 4.98 Å². The molecule has 2 aromatic carbocycles. The van der Waals surface area contributed by atoms with Crippen LogP contribution >= 0.6 is 0 Å². The number of fused-ring (bicyclic) bond motifs is 3. The summed E-state index contributed by atoms with van der Waals surface area (Å²) < 4.78 is 16.3. The fourth-order valence-electron chi connectivity index (χ4n) is 3.17. The molecule has 0 aliphatic heterocycles. The summed E-state index contributed by atoms with van der Waals surface area (Å²) >= 11 is 0. The van der Waals surface area contributed by atoms with Gasteiger partial charge in [0.1, 0.15) is 5.75 Å². The first kappa shape index (κ1) is 18.1. The van der Waals surface area contributed by atoms with Gasteiger partial charge < -0.3 is 24.8 Å². The molecule has 26 heavy (non-hydrogen) atoms. The van der Waals surface area contributed by atoms with Crippen LogP contribution in [0.25, 0.3) is 21.7 Å². The number of pyridine rings is 1. The van der Waals surface area contributed by atoms with Gasteiger partial charge in [0.25, 0.3) is 0 Å². The van der Waals surface area contributed by atoms with Crippen LogP contribution in [0.1, 0.15) is 5.69 Å². The third-order valence-electron chi connectivity index (χ3n) is 4.51. The van der Waals surface area contributed by atoms with Crippen molar-refractivity contribution in [3.63, 3.8) is 0 Å². The van der Waals surface area contributed by atoms with Crippen LogP contribution in [0.15, 0.2) is 24.3 Å². The fourth-order valence-corrected chi connectivity index (χ4v) is 3.17. The van der Waals surface area contributed by atoms with E-state index in [2.05, 4.69) is 4.90 Å². The number of benzene rings is 2. The first-order valence-corrected chi connectivity index (χ1v) is 8.45. The number of ether oxygens (including phenoxy) is 3. The van der Waals surface area contributed by atoms with Crippen molar-refractivity contribution >= 4 is 27.4 Å². The maximum absolute atomic E-state index is 6.33. The Morgan fingerprint density at radius 2 is 1.58 bits per heavy atom. The van der Waals surface area contributed by atoms with Crippen LogP contribution in [0.3, 0.4) is 0 Å². The number of anilines is 1. The highest BCUT2D eigenvalue weighted by atomic mass is 16.5. The Morgan fingerprint density at radius 3 is 2.15 bits per heavy atom. The summed E-state index contributed by atoms with van der Waals surface area (Å²) in [5, 5.41) is 2.92. The molecule has 0 radical (unpaired) electrons. The lowest BCUT2D eigenvalue weighted by Gasteiger charge is -2.16. The number of hydrogen-bond acceptors (Lipinski definition) is 6. The van der Waals surface area contributed by atoms with E-state index in [9.17, 15) is 0 Å². The van der Waals surface area contributed by atoms with Gasteiger partial charge in [-0.1, -0.05) is 0 Å². The molecule has 0 aliphatic carbocycles. The number of likely N-dealkylation sites (N-methyl/N-ethyl adjacent to an activating group) is 1. The third kappa shape index (κ3) is 3.20. The van der Waals surface area contributed by atoms with Crippen molar-refractivity contribution in [3.8, 4) is 17.2 Å². The average Bonchev–Trinajstić information content (AvgIpc) is 2.64. The standard InChI is InChI=1S/C20H25N3O3/c1-23(2)7-6-16-13-10-18(25-4)19(26-5)11-14(13)20-15(21)8-12(24-3)9-17(20)22-16/h8-11H,6-7,21H2,1-5H3. The zero-order valence-corrected chi connectivity index (χ0v) is 15.9. The van der Waals surface area contributed by atoms with Crippen LogP contribution in [0.2, 0.25) is 0 Å². The summed E-state index contributed by atoms with van der Waals surface area (Å²) in [5.41, 5.74) is 8.77. The maximum Gasteiger partial charge on any atom is 0.161 e. The molecule has 1 heterocycles. The first-order chi connectivity index (χ1) is 12.5. The summed E-state index contributed by atoms with van der Waals surface area (Å²) in [6, 6.07) is 7.69. The van der Waals surface area contributed by atoms with E-state index in [1.54, 1.807) is 21.3 Å². The van der Waals surface area contributed by atoms with Crippen molar-refractivity contribution in [2.45, 2.75) is 6.42 Å². The Bertz CT molecular complexity index is 954. The van der Waals surface area contributed by atoms with Gasteiger partial charge in [-0.25, -0.2) is 0 Å². The molecule has 6 nitrogen and oxygen atoms in total. The summed E-state index contributed by atoms with van der Waals surface area (Å²) in [7, 11) is 8.99. The second-order valence-corrected chi connectivity index (χ2v) is 6.48. The van der Waals surface area contributed by atoms with Crippen LogP contribution in [-0.4, -0.2) is 51.9 Å². The molecule has 0 atom stereocenters. The zero-order chi connectivity index (χ0) is 18.8. The molecular weight excluding hydrogens is 330 g/mol.